The fourth-order valence-corrected chi connectivity index (χ4v) is 3.11. The molecule has 0 unspecified atom stereocenters. The van der Waals surface area contributed by atoms with Gasteiger partial charge in [-0.2, -0.15) is 4.98 Å². The predicted molar refractivity (Wildman–Crippen MR) is 102 cm³/mol. The summed E-state index contributed by atoms with van der Waals surface area (Å²) in [6.07, 6.45) is 0.0435. The maximum absolute atomic E-state index is 12.4. The number of amides is 1. The number of aryl methyl sites for hydroxylation is 4. The van der Waals surface area contributed by atoms with Crippen LogP contribution < -0.4 is 5.32 Å². The Balaban J connectivity index is 1.56. The lowest BCUT2D eigenvalue weighted by Crippen LogP contribution is -2.16. The number of pyridine rings is 2. The average Bonchev–Trinajstić information content (AvgIpc) is 2.96. The number of anilines is 1. The van der Waals surface area contributed by atoms with Crippen LogP contribution in [0.2, 0.25) is 0 Å². The van der Waals surface area contributed by atoms with Crippen molar-refractivity contribution >= 4 is 28.5 Å². The lowest BCUT2D eigenvalue weighted by atomic mass is 10.1. The molecule has 0 bridgehead atoms. The van der Waals surface area contributed by atoms with Gasteiger partial charge in [-0.1, -0.05) is 0 Å². The molecule has 0 atom stereocenters. The Bertz CT molecular complexity index is 1200. The van der Waals surface area contributed by atoms with Gasteiger partial charge in [0.2, 0.25) is 5.91 Å². The number of nitrogens with one attached hydrogen (secondary N) is 1. The zero-order chi connectivity index (χ0) is 19.1. The molecule has 1 amide bonds. The van der Waals surface area contributed by atoms with Crippen molar-refractivity contribution in [1.82, 2.24) is 29.5 Å². The number of hydrogen-bond donors (Lipinski definition) is 1. The summed E-state index contributed by atoms with van der Waals surface area (Å²) >= 11 is 0. The average molecular weight is 361 g/mol. The van der Waals surface area contributed by atoms with Gasteiger partial charge in [-0.15, -0.1) is 5.10 Å². The van der Waals surface area contributed by atoms with E-state index in [1.807, 2.05) is 45.9 Å². The maximum atomic E-state index is 12.4. The number of hydrogen-bond acceptors (Lipinski definition) is 6. The molecule has 27 heavy (non-hydrogen) atoms. The van der Waals surface area contributed by atoms with Crippen molar-refractivity contribution in [3.63, 3.8) is 0 Å². The van der Waals surface area contributed by atoms with E-state index in [4.69, 9.17) is 0 Å². The molecule has 4 heterocycles. The molecule has 0 saturated carbocycles. The molecule has 1 N–H and O–H groups in total. The van der Waals surface area contributed by atoms with Gasteiger partial charge < -0.3 is 5.32 Å². The summed E-state index contributed by atoms with van der Waals surface area (Å²) in [6.45, 7) is 7.77. The van der Waals surface area contributed by atoms with Crippen LogP contribution >= 0.6 is 0 Å². The van der Waals surface area contributed by atoms with E-state index in [1.54, 1.807) is 10.6 Å². The molecule has 4 aromatic heterocycles. The molecule has 0 aliphatic rings. The third-order valence-corrected chi connectivity index (χ3v) is 4.26. The highest BCUT2D eigenvalue weighted by atomic mass is 16.1. The number of fused-ring (bicyclic) bond motifs is 2. The Morgan fingerprint density at radius 1 is 1.00 bits per heavy atom. The lowest BCUT2D eigenvalue weighted by molar-refractivity contribution is -0.115. The summed E-state index contributed by atoms with van der Waals surface area (Å²) < 4.78 is 1.64. The second-order valence-electron chi connectivity index (χ2n) is 6.65. The van der Waals surface area contributed by atoms with Gasteiger partial charge >= 0.3 is 0 Å². The van der Waals surface area contributed by atoms with Gasteiger partial charge in [-0.3, -0.25) is 4.79 Å². The number of aromatic nitrogens is 6. The first-order chi connectivity index (χ1) is 12.9. The Morgan fingerprint density at radius 3 is 2.59 bits per heavy atom. The van der Waals surface area contributed by atoms with Crippen molar-refractivity contribution < 1.29 is 4.79 Å². The second kappa shape index (κ2) is 6.39. The zero-order valence-electron chi connectivity index (χ0n) is 15.6. The van der Waals surface area contributed by atoms with Crippen LogP contribution in [0.3, 0.4) is 0 Å². The van der Waals surface area contributed by atoms with Gasteiger partial charge in [-0.25, -0.2) is 19.5 Å². The molecular weight excluding hydrogens is 342 g/mol. The van der Waals surface area contributed by atoms with Crippen molar-refractivity contribution in [2.45, 2.75) is 34.1 Å². The van der Waals surface area contributed by atoms with E-state index in [2.05, 4.69) is 30.4 Å². The van der Waals surface area contributed by atoms with Crippen molar-refractivity contribution in [3.05, 3.63) is 52.7 Å². The first kappa shape index (κ1) is 17.0. The van der Waals surface area contributed by atoms with Crippen LogP contribution in [0.1, 0.15) is 28.5 Å². The Hall–Kier alpha value is -3.42. The quantitative estimate of drug-likeness (QED) is 0.602. The highest BCUT2D eigenvalue weighted by Gasteiger charge is 2.13. The Labute approximate surface area is 155 Å². The van der Waals surface area contributed by atoms with E-state index in [0.717, 1.165) is 28.0 Å². The van der Waals surface area contributed by atoms with Crippen molar-refractivity contribution in [1.29, 1.82) is 0 Å². The zero-order valence-corrected chi connectivity index (χ0v) is 15.6. The molecule has 0 aliphatic carbocycles. The van der Waals surface area contributed by atoms with E-state index >= 15 is 0 Å². The summed E-state index contributed by atoms with van der Waals surface area (Å²) in [6, 6.07) is 7.62. The van der Waals surface area contributed by atoms with Gasteiger partial charge in [0.1, 0.15) is 5.82 Å². The monoisotopic (exact) mass is 361 g/mol. The minimum atomic E-state index is -0.239. The van der Waals surface area contributed by atoms with Crippen LogP contribution in [0.25, 0.3) is 16.8 Å². The highest BCUT2D eigenvalue weighted by Crippen LogP contribution is 2.18. The normalized spacial score (nSPS) is 11.3. The van der Waals surface area contributed by atoms with Gasteiger partial charge in [0.25, 0.3) is 5.78 Å². The fraction of sp³-hybridized carbons (Fsp3) is 0.263. The van der Waals surface area contributed by atoms with Crippen LogP contribution in [0.4, 0.5) is 5.82 Å². The van der Waals surface area contributed by atoms with Gasteiger partial charge in [-0.05, 0) is 57.5 Å². The highest BCUT2D eigenvalue weighted by molar-refractivity contribution is 5.92. The topological polar surface area (TPSA) is 98.0 Å². The van der Waals surface area contributed by atoms with Crippen LogP contribution in [0, 0.1) is 27.7 Å². The molecule has 0 aromatic carbocycles. The van der Waals surface area contributed by atoms with E-state index in [9.17, 15) is 4.79 Å². The molecule has 8 nitrogen and oxygen atoms in total. The third kappa shape index (κ3) is 3.33. The first-order valence-corrected chi connectivity index (χ1v) is 8.64. The van der Waals surface area contributed by atoms with E-state index in [1.165, 1.54) is 0 Å². The molecular formula is C19H19N7O. The summed E-state index contributed by atoms with van der Waals surface area (Å²) in [7, 11) is 0. The Morgan fingerprint density at radius 2 is 1.78 bits per heavy atom. The molecule has 0 spiro atoms. The number of carbonyl (C=O) groups is 1. The molecule has 4 aromatic rings. The lowest BCUT2D eigenvalue weighted by Gasteiger charge is -2.06. The minimum Gasteiger partial charge on any atom is -0.310 e. The maximum Gasteiger partial charge on any atom is 0.252 e. The van der Waals surface area contributed by atoms with Crippen LogP contribution in [0.5, 0.6) is 0 Å². The van der Waals surface area contributed by atoms with Gasteiger partial charge in [0.05, 0.1) is 6.42 Å². The standard InChI is InChI=1S/C19H19N7O/c1-10-7-11(2)20-18-14(10)5-6-15(23-18)22-17(27)9-16-24-19-21-12(3)8-13(4)26(19)25-16/h5-8H,9H2,1-4H3,(H,20,22,23,27). The Kier molecular flexibility index (Phi) is 4.02. The number of rotatable bonds is 3. The predicted octanol–water partition coefficient (Wildman–Crippen LogP) is 2.48. The molecule has 136 valence electrons. The van der Waals surface area contributed by atoms with Gasteiger partial charge in [0.15, 0.2) is 11.5 Å². The fourth-order valence-electron chi connectivity index (χ4n) is 3.11. The molecule has 0 aliphatic heterocycles. The summed E-state index contributed by atoms with van der Waals surface area (Å²) in [5.74, 6) is 1.13. The molecule has 4 rings (SSSR count). The van der Waals surface area contributed by atoms with Crippen LogP contribution in [-0.4, -0.2) is 35.5 Å². The van der Waals surface area contributed by atoms with E-state index in [-0.39, 0.29) is 12.3 Å². The smallest absolute Gasteiger partial charge is 0.252 e. The second-order valence-corrected chi connectivity index (χ2v) is 6.65. The largest absolute Gasteiger partial charge is 0.310 e. The van der Waals surface area contributed by atoms with Gasteiger partial charge in [0, 0.05) is 22.5 Å². The first-order valence-electron chi connectivity index (χ1n) is 8.64. The van der Waals surface area contributed by atoms with Crippen molar-refractivity contribution in [2.24, 2.45) is 0 Å². The molecule has 0 fully saturated rings. The van der Waals surface area contributed by atoms with Crippen molar-refractivity contribution in [2.75, 3.05) is 5.32 Å². The summed E-state index contributed by atoms with van der Waals surface area (Å²) in [4.78, 5) is 30.0. The summed E-state index contributed by atoms with van der Waals surface area (Å²) in [5, 5.41) is 8.12. The van der Waals surface area contributed by atoms with Crippen LogP contribution in [0.15, 0.2) is 24.3 Å². The SMILES string of the molecule is Cc1cc(C)c2ccc(NC(=O)Cc3nc4nc(C)cc(C)n4n3)nc2n1. The molecule has 8 heteroatoms. The third-order valence-electron chi connectivity index (χ3n) is 4.26. The molecule has 0 radical (unpaired) electrons. The van der Waals surface area contributed by atoms with E-state index < -0.39 is 0 Å². The number of nitrogens with zero attached hydrogens (tertiary/aromatic N) is 6. The minimum absolute atomic E-state index is 0.0435. The number of carbonyl (C=O) groups excluding carboxylic acids is 1. The van der Waals surface area contributed by atoms with Crippen molar-refractivity contribution in [3.8, 4) is 0 Å². The molecule has 0 saturated heterocycles. The van der Waals surface area contributed by atoms with Crippen LogP contribution in [-0.2, 0) is 11.2 Å². The summed E-state index contributed by atoms with van der Waals surface area (Å²) in [5.41, 5.74) is 4.40. The van der Waals surface area contributed by atoms with E-state index in [0.29, 0.717) is 23.1 Å².